The highest BCUT2D eigenvalue weighted by Gasteiger charge is 2.17. The van der Waals surface area contributed by atoms with E-state index in [2.05, 4.69) is 60.7 Å². The SMILES string of the molecule is C=C/C=C\C=C(/C)c1nc(C)n(CCCCCCNC(=O)Oc2ccccc2C)c1-c1ccccc1. The Morgan fingerprint density at radius 3 is 2.47 bits per heavy atom. The summed E-state index contributed by atoms with van der Waals surface area (Å²) in [6.07, 6.45) is 11.5. The molecule has 1 heterocycles. The van der Waals surface area contributed by atoms with Gasteiger partial charge in [0, 0.05) is 18.7 Å². The molecule has 5 nitrogen and oxygen atoms in total. The number of ether oxygens (including phenoxy) is 1. The number of aromatic nitrogens is 2. The monoisotopic (exact) mass is 483 g/mol. The Hall–Kier alpha value is -3.86. The minimum Gasteiger partial charge on any atom is -0.410 e. The topological polar surface area (TPSA) is 56.2 Å². The van der Waals surface area contributed by atoms with Crippen LogP contribution in [-0.4, -0.2) is 22.2 Å². The van der Waals surface area contributed by atoms with Crippen LogP contribution in [-0.2, 0) is 6.54 Å². The molecule has 0 aliphatic carbocycles. The van der Waals surface area contributed by atoms with Crippen LogP contribution < -0.4 is 10.1 Å². The molecule has 5 heteroatoms. The highest BCUT2D eigenvalue weighted by Crippen LogP contribution is 2.30. The number of benzene rings is 2. The first-order chi connectivity index (χ1) is 17.5. The van der Waals surface area contributed by atoms with Crippen LogP contribution in [0.25, 0.3) is 16.8 Å². The van der Waals surface area contributed by atoms with E-state index in [1.54, 1.807) is 12.1 Å². The van der Waals surface area contributed by atoms with Crippen molar-refractivity contribution in [2.24, 2.45) is 0 Å². The van der Waals surface area contributed by atoms with E-state index in [-0.39, 0.29) is 0 Å². The zero-order chi connectivity index (χ0) is 25.8. The number of para-hydroxylation sites is 1. The molecule has 0 atom stereocenters. The number of unbranched alkanes of at least 4 members (excludes halogenated alkanes) is 3. The number of imidazole rings is 1. The molecule has 0 saturated carbocycles. The second-order valence-corrected chi connectivity index (χ2v) is 8.84. The Morgan fingerprint density at radius 1 is 1.00 bits per heavy atom. The fourth-order valence-electron chi connectivity index (χ4n) is 4.11. The van der Waals surface area contributed by atoms with E-state index in [0.29, 0.717) is 12.3 Å². The molecule has 3 rings (SSSR count). The minimum absolute atomic E-state index is 0.398. The summed E-state index contributed by atoms with van der Waals surface area (Å²) < 4.78 is 7.71. The van der Waals surface area contributed by atoms with Crippen molar-refractivity contribution in [1.82, 2.24) is 14.9 Å². The van der Waals surface area contributed by atoms with Gasteiger partial charge in [0.25, 0.3) is 0 Å². The Labute approximate surface area is 215 Å². The number of hydrogen-bond donors (Lipinski definition) is 1. The molecule has 36 heavy (non-hydrogen) atoms. The van der Waals surface area contributed by atoms with Crippen LogP contribution >= 0.6 is 0 Å². The molecule has 0 saturated heterocycles. The van der Waals surface area contributed by atoms with E-state index in [9.17, 15) is 4.79 Å². The average Bonchev–Trinajstić information content (AvgIpc) is 3.21. The van der Waals surface area contributed by atoms with Crippen molar-refractivity contribution < 1.29 is 9.53 Å². The molecule has 1 N–H and O–H groups in total. The summed E-state index contributed by atoms with van der Waals surface area (Å²) in [6, 6.07) is 18.0. The summed E-state index contributed by atoms with van der Waals surface area (Å²) in [5.41, 5.74) is 5.42. The molecule has 188 valence electrons. The fraction of sp³-hybridized carbons (Fsp3) is 0.290. The van der Waals surface area contributed by atoms with E-state index in [4.69, 9.17) is 9.72 Å². The van der Waals surface area contributed by atoms with Gasteiger partial charge in [0.1, 0.15) is 11.6 Å². The second kappa shape index (κ2) is 13.9. The lowest BCUT2D eigenvalue weighted by molar-refractivity contribution is 0.200. The van der Waals surface area contributed by atoms with Gasteiger partial charge in [0.05, 0.1) is 11.4 Å². The van der Waals surface area contributed by atoms with Gasteiger partial charge in [-0.05, 0) is 50.8 Å². The minimum atomic E-state index is -0.398. The average molecular weight is 484 g/mol. The number of nitrogens with one attached hydrogen (secondary N) is 1. The summed E-state index contributed by atoms with van der Waals surface area (Å²) in [7, 11) is 0. The number of amides is 1. The van der Waals surface area contributed by atoms with Gasteiger partial charge in [-0.1, -0.05) is 92.3 Å². The van der Waals surface area contributed by atoms with Crippen molar-refractivity contribution in [3.8, 4) is 17.0 Å². The first-order valence-corrected chi connectivity index (χ1v) is 12.6. The molecule has 0 fully saturated rings. The van der Waals surface area contributed by atoms with Gasteiger partial charge in [0.15, 0.2) is 0 Å². The van der Waals surface area contributed by atoms with Crippen molar-refractivity contribution in [3.05, 3.63) is 103 Å². The van der Waals surface area contributed by atoms with Gasteiger partial charge in [-0.3, -0.25) is 0 Å². The third kappa shape index (κ3) is 7.57. The molecule has 1 aromatic heterocycles. The van der Waals surface area contributed by atoms with E-state index in [0.717, 1.165) is 60.6 Å². The van der Waals surface area contributed by atoms with Gasteiger partial charge in [-0.25, -0.2) is 9.78 Å². The lowest BCUT2D eigenvalue weighted by Crippen LogP contribution is -2.27. The molecule has 3 aromatic rings. The maximum atomic E-state index is 12.0. The predicted molar refractivity (Wildman–Crippen MR) is 149 cm³/mol. The Morgan fingerprint density at radius 2 is 1.72 bits per heavy atom. The van der Waals surface area contributed by atoms with E-state index in [1.165, 1.54) is 5.56 Å². The fourth-order valence-corrected chi connectivity index (χ4v) is 4.11. The summed E-state index contributed by atoms with van der Waals surface area (Å²) >= 11 is 0. The lowest BCUT2D eigenvalue weighted by Gasteiger charge is -2.12. The van der Waals surface area contributed by atoms with E-state index in [1.807, 2.05) is 43.3 Å². The number of carbonyl (C=O) groups excluding carboxylic acids is 1. The first-order valence-electron chi connectivity index (χ1n) is 12.6. The van der Waals surface area contributed by atoms with Crippen molar-refractivity contribution in [3.63, 3.8) is 0 Å². The lowest BCUT2D eigenvalue weighted by atomic mass is 10.1. The van der Waals surface area contributed by atoms with Crippen molar-refractivity contribution in [1.29, 1.82) is 0 Å². The van der Waals surface area contributed by atoms with Gasteiger partial charge in [0.2, 0.25) is 0 Å². The normalized spacial score (nSPS) is 11.6. The van der Waals surface area contributed by atoms with Crippen LogP contribution in [0.15, 0.2) is 85.5 Å². The zero-order valence-corrected chi connectivity index (χ0v) is 21.7. The standard InChI is InChI=1S/C31H37N3O2/c1-5-6-10-18-25(3)29-30(27-19-11-9-12-20-27)34(26(4)33-29)23-16-8-7-15-22-32-31(35)36-28-21-14-13-17-24(28)2/h5-6,9-14,17-21H,1,7-8,15-16,22-23H2,2-4H3,(H,32,35)/b10-6-,25-18+. The summed E-state index contributed by atoms with van der Waals surface area (Å²) in [5, 5.41) is 2.85. The highest BCUT2D eigenvalue weighted by atomic mass is 16.6. The predicted octanol–water partition coefficient (Wildman–Crippen LogP) is 7.66. The van der Waals surface area contributed by atoms with Crippen LogP contribution in [0.2, 0.25) is 0 Å². The number of nitrogens with zero attached hydrogens (tertiary/aromatic N) is 2. The van der Waals surface area contributed by atoms with Crippen LogP contribution in [0.3, 0.4) is 0 Å². The van der Waals surface area contributed by atoms with Crippen LogP contribution in [0.1, 0.15) is 49.7 Å². The zero-order valence-electron chi connectivity index (χ0n) is 21.7. The van der Waals surface area contributed by atoms with Gasteiger partial charge in [-0.2, -0.15) is 0 Å². The molecular formula is C31H37N3O2. The molecule has 0 aliphatic rings. The maximum absolute atomic E-state index is 12.0. The Kier molecular flexibility index (Phi) is 10.3. The summed E-state index contributed by atoms with van der Waals surface area (Å²) in [5.74, 6) is 1.62. The summed E-state index contributed by atoms with van der Waals surface area (Å²) in [6.45, 7) is 11.4. The van der Waals surface area contributed by atoms with Crippen molar-refractivity contribution in [2.45, 2.75) is 53.0 Å². The molecule has 2 aromatic carbocycles. The third-order valence-electron chi connectivity index (χ3n) is 6.05. The molecule has 1 amide bonds. The number of carbonyl (C=O) groups is 1. The molecule has 0 unspecified atom stereocenters. The van der Waals surface area contributed by atoms with Crippen LogP contribution in [0.5, 0.6) is 5.75 Å². The number of hydrogen-bond acceptors (Lipinski definition) is 3. The van der Waals surface area contributed by atoms with E-state index >= 15 is 0 Å². The van der Waals surface area contributed by atoms with Crippen LogP contribution in [0, 0.1) is 13.8 Å². The molecule has 0 radical (unpaired) electrons. The number of rotatable bonds is 12. The maximum Gasteiger partial charge on any atom is 0.412 e. The molecule has 0 aliphatic heterocycles. The van der Waals surface area contributed by atoms with E-state index < -0.39 is 6.09 Å². The summed E-state index contributed by atoms with van der Waals surface area (Å²) in [4.78, 5) is 17.0. The van der Waals surface area contributed by atoms with Crippen LogP contribution in [0.4, 0.5) is 4.79 Å². The van der Waals surface area contributed by atoms with Crippen molar-refractivity contribution in [2.75, 3.05) is 6.54 Å². The number of allylic oxidation sites excluding steroid dienone is 5. The van der Waals surface area contributed by atoms with Crippen molar-refractivity contribution >= 4 is 11.7 Å². The van der Waals surface area contributed by atoms with Gasteiger partial charge < -0.3 is 14.6 Å². The smallest absolute Gasteiger partial charge is 0.410 e. The number of aryl methyl sites for hydroxylation is 2. The molecule has 0 spiro atoms. The van der Waals surface area contributed by atoms with Gasteiger partial charge >= 0.3 is 6.09 Å². The third-order valence-corrected chi connectivity index (χ3v) is 6.05. The first kappa shape index (κ1) is 26.7. The Balaban J connectivity index is 1.53. The Bertz CT molecular complexity index is 1210. The highest BCUT2D eigenvalue weighted by molar-refractivity contribution is 5.77. The largest absolute Gasteiger partial charge is 0.412 e. The molecule has 0 bridgehead atoms. The second-order valence-electron chi connectivity index (χ2n) is 8.84. The molecular weight excluding hydrogens is 446 g/mol. The van der Waals surface area contributed by atoms with Gasteiger partial charge in [-0.15, -0.1) is 0 Å². The quantitative estimate of drug-likeness (QED) is 0.212.